The van der Waals surface area contributed by atoms with Crippen LogP contribution in [0.3, 0.4) is 0 Å². The van der Waals surface area contributed by atoms with Crippen molar-refractivity contribution in [1.29, 1.82) is 0 Å². The Labute approximate surface area is 292 Å². The fraction of sp³-hybridized carbons (Fsp3) is 0.909. The van der Waals surface area contributed by atoms with Crippen LogP contribution in [0.4, 0.5) is 0 Å². The van der Waals surface area contributed by atoms with E-state index in [1.165, 1.54) is 0 Å². The van der Waals surface area contributed by atoms with Crippen molar-refractivity contribution in [3.05, 3.63) is 0 Å². The number of rotatable bonds is 36. The molecule has 49 heavy (non-hydrogen) atoms. The zero-order valence-corrected chi connectivity index (χ0v) is 30.4. The summed E-state index contributed by atoms with van der Waals surface area (Å²) >= 11 is 0. The molecule has 0 rings (SSSR count). The number of carbonyl (C=O) groups is 3. The summed E-state index contributed by atoms with van der Waals surface area (Å²) in [5.74, 6) is -0.974. The summed E-state index contributed by atoms with van der Waals surface area (Å²) in [5.41, 5.74) is 5.14. The molecule has 0 aliphatic rings. The molecule has 0 aromatic rings. The zero-order valence-electron chi connectivity index (χ0n) is 30.4. The molecule has 0 aromatic carbocycles. The molecule has 0 radical (unpaired) electrons. The summed E-state index contributed by atoms with van der Waals surface area (Å²) < 4.78 is 54.0. The van der Waals surface area contributed by atoms with Gasteiger partial charge in [-0.1, -0.05) is 6.92 Å². The van der Waals surface area contributed by atoms with Crippen molar-refractivity contribution in [2.75, 3.05) is 132 Å². The molecule has 0 aliphatic carbocycles. The van der Waals surface area contributed by atoms with E-state index in [4.69, 9.17) is 53.1 Å². The van der Waals surface area contributed by atoms with E-state index in [9.17, 15) is 14.4 Å². The highest BCUT2D eigenvalue weighted by molar-refractivity contribution is 5.79. The first kappa shape index (κ1) is 47.0. The van der Waals surface area contributed by atoms with Crippen LogP contribution in [0.1, 0.15) is 53.4 Å². The van der Waals surface area contributed by atoms with Gasteiger partial charge in [-0.2, -0.15) is 0 Å². The van der Waals surface area contributed by atoms with E-state index in [0.717, 1.165) is 13.0 Å². The van der Waals surface area contributed by atoms with Crippen LogP contribution in [0.25, 0.3) is 0 Å². The highest BCUT2D eigenvalue weighted by atomic mass is 16.6. The molecule has 2 amide bonds. The SMILES string of the molecule is CCCOCCOCCOCCOCCOCCOCCOCCOCCOCCC(=O)NCCNC(=O)CC[C@H](N)C(=O)OC(C)(C)C. The van der Waals surface area contributed by atoms with E-state index in [2.05, 4.69) is 17.6 Å². The number of nitrogens with one attached hydrogen (secondary N) is 2. The Morgan fingerprint density at radius 1 is 0.510 bits per heavy atom. The van der Waals surface area contributed by atoms with E-state index in [1.54, 1.807) is 20.8 Å². The van der Waals surface area contributed by atoms with Gasteiger partial charge in [0.05, 0.1) is 112 Å². The van der Waals surface area contributed by atoms with Gasteiger partial charge in [-0.25, -0.2) is 0 Å². The van der Waals surface area contributed by atoms with Crippen molar-refractivity contribution >= 4 is 17.8 Å². The van der Waals surface area contributed by atoms with Gasteiger partial charge in [0, 0.05) is 32.5 Å². The Hall–Kier alpha value is -1.99. The average molecular weight is 712 g/mol. The standard InChI is InChI=1S/C33H65N3O13/c1-5-11-40-13-15-42-17-19-44-21-23-46-25-27-48-28-26-47-24-22-45-20-18-43-16-14-41-12-8-31(38)36-10-9-35-30(37)7-6-29(34)32(39)49-33(2,3)4/h29H,5-28,34H2,1-4H3,(H,35,37)(H,36,38)/t29-/m0/s1. The maximum atomic E-state index is 11.9. The number of esters is 1. The lowest BCUT2D eigenvalue weighted by atomic mass is 10.1. The second kappa shape index (κ2) is 34.5. The van der Waals surface area contributed by atoms with Crippen molar-refractivity contribution in [3.8, 4) is 0 Å². The topological polar surface area (TPSA) is 194 Å². The predicted octanol–water partition coefficient (Wildman–Crippen LogP) is 0.618. The van der Waals surface area contributed by atoms with E-state index < -0.39 is 17.6 Å². The van der Waals surface area contributed by atoms with Gasteiger partial charge in [0.15, 0.2) is 0 Å². The van der Waals surface area contributed by atoms with Crippen LogP contribution in [0.2, 0.25) is 0 Å². The second-order valence-corrected chi connectivity index (χ2v) is 11.6. The van der Waals surface area contributed by atoms with E-state index in [0.29, 0.717) is 106 Å². The van der Waals surface area contributed by atoms with Gasteiger partial charge in [-0.3, -0.25) is 14.4 Å². The first-order valence-electron chi connectivity index (χ1n) is 17.4. The molecule has 0 bridgehead atoms. The minimum atomic E-state index is -0.862. The lowest BCUT2D eigenvalue weighted by Crippen LogP contribution is -2.39. The van der Waals surface area contributed by atoms with Crippen molar-refractivity contribution in [2.45, 2.75) is 65.0 Å². The molecule has 0 aliphatic heterocycles. The van der Waals surface area contributed by atoms with Crippen LogP contribution in [-0.4, -0.2) is 161 Å². The average Bonchev–Trinajstić information content (AvgIpc) is 3.06. The number of ether oxygens (including phenoxy) is 10. The summed E-state index contributed by atoms with van der Waals surface area (Å²) in [7, 11) is 0. The molecule has 16 nitrogen and oxygen atoms in total. The molecule has 290 valence electrons. The normalized spacial score (nSPS) is 12.2. The molecule has 0 saturated carbocycles. The lowest BCUT2D eigenvalue weighted by molar-refractivity contribution is -0.156. The smallest absolute Gasteiger partial charge is 0.323 e. The van der Waals surface area contributed by atoms with Gasteiger partial charge in [0.1, 0.15) is 11.6 Å². The van der Waals surface area contributed by atoms with Crippen LogP contribution in [-0.2, 0) is 61.8 Å². The number of carbonyl (C=O) groups excluding carboxylic acids is 3. The van der Waals surface area contributed by atoms with Crippen molar-refractivity contribution in [3.63, 3.8) is 0 Å². The summed E-state index contributed by atoms with van der Waals surface area (Å²) in [6.45, 7) is 16.7. The Kier molecular flexibility index (Phi) is 33.1. The highest BCUT2D eigenvalue weighted by Gasteiger charge is 2.22. The number of hydrogen-bond acceptors (Lipinski definition) is 14. The Morgan fingerprint density at radius 2 is 0.816 bits per heavy atom. The van der Waals surface area contributed by atoms with Gasteiger partial charge in [-0.15, -0.1) is 0 Å². The Bertz CT molecular complexity index is 787. The molecule has 0 spiro atoms. The van der Waals surface area contributed by atoms with Crippen LogP contribution in [0, 0.1) is 0 Å². The third-order valence-electron chi connectivity index (χ3n) is 5.96. The van der Waals surface area contributed by atoms with E-state index in [1.807, 2.05) is 0 Å². The zero-order chi connectivity index (χ0) is 36.3. The number of nitrogens with two attached hydrogens (primary N) is 1. The predicted molar refractivity (Wildman–Crippen MR) is 181 cm³/mol. The fourth-order valence-corrected chi connectivity index (χ4v) is 3.53. The second-order valence-electron chi connectivity index (χ2n) is 11.6. The minimum absolute atomic E-state index is 0.0879. The summed E-state index contributed by atoms with van der Waals surface area (Å²) in [5, 5.41) is 5.38. The quantitative estimate of drug-likeness (QED) is 0.0605. The summed E-state index contributed by atoms with van der Waals surface area (Å²) in [4.78, 5) is 35.7. The maximum absolute atomic E-state index is 11.9. The van der Waals surface area contributed by atoms with Crippen LogP contribution >= 0.6 is 0 Å². The maximum Gasteiger partial charge on any atom is 0.323 e. The molecule has 0 aromatic heterocycles. The molecule has 0 saturated heterocycles. The Balaban J connectivity index is 3.30. The van der Waals surface area contributed by atoms with Crippen LogP contribution < -0.4 is 16.4 Å². The van der Waals surface area contributed by atoms with Gasteiger partial charge < -0.3 is 63.7 Å². The van der Waals surface area contributed by atoms with Crippen LogP contribution in [0.15, 0.2) is 0 Å². The van der Waals surface area contributed by atoms with Gasteiger partial charge in [-0.05, 0) is 33.6 Å². The molecule has 0 heterocycles. The van der Waals surface area contributed by atoms with Crippen LogP contribution in [0.5, 0.6) is 0 Å². The molecule has 0 fully saturated rings. The monoisotopic (exact) mass is 711 g/mol. The molecular formula is C33H65N3O13. The lowest BCUT2D eigenvalue weighted by Gasteiger charge is -2.22. The number of hydrogen-bond donors (Lipinski definition) is 3. The molecule has 1 atom stereocenters. The molecular weight excluding hydrogens is 646 g/mol. The Morgan fingerprint density at radius 3 is 1.14 bits per heavy atom. The first-order valence-corrected chi connectivity index (χ1v) is 17.4. The minimum Gasteiger partial charge on any atom is -0.459 e. The molecule has 4 N–H and O–H groups in total. The largest absolute Gasteiger partial charge is 0.459 e. The van der Waals surface area contributed by atoms with Gasteiger partial charge in [0.2, 0.25) is 11.8 Å². The third kappa shape index (κ3) is 37.1. The van der Waals surface area contributed by atoms with Gasteiger partial charge in [0.25, 0.3) is 0 Å². The van der Waals surface area contributed by atoms with E-state index in [-0.39, 0.29) is 50.8 Å². The fourth-order valence-electron chi connectivity index (χ4n) is 3.53. The summed E-state index contributed by atoms with van der Waals surface area (Å²) in [6, 6.07) is -0.862. The highest BCUT2D eigenvalue weighted by Crippen LogP contribution is 2.09. The number of amides is 2. The molecule has 0 unspecified atom stereocenters. The third-order valence-corrected chi connectivity index (χ3v) is 5.96. The van der Waals surface area contributed by atoms with Crippen molar-refractivity contribution in [2.24, 2.45) is 5.73 Å². The summed E-state index contributed by atoms with van der Waals surface area (Å²) in [6.07, 6.45) is 1.48. The molecule has 16 heteroatoms. The van der Waals surface area contributed by atoms with Crippen molar-refractivity contribution < 1.29 is 61.8 Å². The first-order chi connectivity index (χ1) is 23.7. The van der Waals surface area contributed by atoms with E-state index >= 15 is 0 Å². The van der Waals surface area contributed by atoms with Gasteiger partial charge >= 0.3 is 5.97 Å². The van der Waals surface area contributed by atoms with Crippen molar-refractivity contribution in [1.82, 2.24) is 10.6 Å².